The maximum absolute atomic E-state index is 12.1. The van der Waals surface area contributed by atoms with E-state index in [4.69, 9.17) is 12.2 Å². The Labute approximate surface area is 152 Å². The van der Waals surface area contributed by atoms with E-state index in [2.05, 4.69) is 41.2 Å². The van der Waals surface area contributed by atoms with Crippen LogP contribution in [0.25, 0.3) is 11.2 Å². The van der Waals surface area contributed by atoms with Gasteiger partial charge in [0.2, 0.25) is 0 Å². The second-order valence-corrected chi connectivity index (χ2v) is 7.02. The van der Waals surface area contributed by atoms with Gasteiger partial charge in [-0.1, -0.05) is 48.5 Å². The number of aromatic nitrogens is 4. The zero-order valence-corrected chi connectivity index (χ0v) is 15.8. The summed E-state index contributed by atoms with van der Waals surface area (Å²) in [4.78, 5) is 19.9. The maximum atomic E-state index is 12.1. The van der Waals surface area contributed by atoms with E-state index in [0.29, 0.717) is 10.3 Å². The highest BCUT2D eigenvalue weighted by atomic mass is 32.1. The van der Waals surface area contributed by atoms with Gasteiger partial charge in [-0.2, -0.15) is 0 Å². The first-order valence-electron chi connectivity index (χ1n) is 8.67. The molecular formula is C19H24N4OS. The maximum Gasteiger partial charge on any atom is 0.330 e. The topological polar surface area (TPSA) is 55.6 Å². The number of aromatic amines is 1. The van der Waals surface area contributed by atoms with Crippen molar-refractivity contribution in [2.24, 2.45) is 14.1 Å². The predicted octanol–water partition coefficient (Wildman–Crippen LogP) is 3.59. The summed E-state index contributed by atoms with van der Waals surface area (Å²) in [6, 6.07) is 8.75. The molecule has 0 aliphatic carbocycles. The summed E-state index contributed by atoms with van der Waals surface area (Å²) in [5.41, 5.74) is 3.97. The zero-order chi connectivity index (χ0) is 18.0. The molecule has 0 saturated carbocycles. The molecule has 0 aliphatic heterocycles. The lowest BCUT2D eigenvalue weighted by atomic mass is 10.0. The molecule has 1 N–H and O–H groups in total. The SMILES string of the molecule is Cc1ccc(CCCCCc2nc3c([nH]2)c(=S)n(C)c(=O)n3C)cc1. The third-order valence-corrected chi connectivity index (χ3v) is 5.12. The molecule has 5 nitrogen and oxygen atoms in total. The monoisotopic (exact) mass is 356 g/mol. The molecule has 0 amide bonds. The molecule has 0 aliphatic rings. The van der Waals surface area contributed by atoms with Gasteiger partial charge in [0, 0.05) is 20.5 Å². The van der Waals surface area contributed by atoms with Crippen LogP contribution in [0.2, 0.25) is 0 Å². The number of imidazole rings is 1. The standard InChI is InChI=1S/C19H24N4OS/c1-13-9-11-14(12-10-13)7-5-4-6-8-15-20-16-17(21-15)22(2)19(24)23(3)18(16)25/h9-12H,4-8H2,1-3H3,(H,20,21). The van der Waals surface area contributed by atoms with Gasteiger partial charge in [0.05, 0.1) is 0 Å². The summed E-state index contributed by atoms with van der Waals surface area (Å²) < 4.78 is 3.53. The number of nitrogens with zero attached hydrogens (tertiary/aromatic N) is 3. The van der Waals surface area contributed by atoms with Crippen LogP contribution < -0.4 is 5.69 Å². The van der Waals surface area contributed by atoms with Crippen molar-refractivity contribution in [3.63, 3.8) is 0 Å². The van der Waals surface area contributed by atoms with Gasteiger partial charge in [0.15, 0.2) is 5.65 Å². The van der Waals surface area contributed by atoms with E-state index in [1.165, 1.54) is 22.1 Å². The fourth-order valence-electron chi connectivity index (χ4n) is 3.05. The normalized spacial score (nSPS) is 11.3. The summed E-state index contributed by atoms with van der Waals surface area (Å²) in [5, 5.41) is 0. The summed E-state index contributed by atoms with van der Waals surface area (Å²) in [7, 11) is 3.42. The fourth-order valence-corrected chi connectivity index (χ4v) is 3.27. The minimum Gasteiger partial charge on any atom is -0.338 e. The van der Waals surface area contributed by atoms with Gasteiger partial charge in [-0.3, -0.25) is 9.13 Å². The van der Waals surface area contributed by atoms with Crippen LogP contribution in [-0.2, 0) is 26.9 Å². The molecule has 6 heteroatoms. The molecule has 3 rings (SSSR count). The number of hydrogen-bond acceptors (Lipinski definition) is 3. The highest BCUT2D eigenvalue weighted by Gasteiger charge is 2.11. The third-order valence-electron chi connectivity index (χ3n) is 4.64. The van der Waals surface area contributed by atoms with Gasteiger partial charge < -0.3 is 4.98 Å². The molecule has 0 unspecified atom stereocenters. The summed E-state index contributed by atoms with van der Waals surface area (Å²) in [5.74, 6) is 0.901. The predicted molar refractivity (Wildman–Crippen MR) is 104 cm³/mol. The molecule has 0 fully saturated rings. The largest absolute Gasteiger partial charge is 0.338 e. The van der Waals surface area contributed by atoms with Crippen molar-refractivity contribution in [2.45, 2.75) is 39.0 Å². The Kier molecular flexibility index (Phi) is 5.18. The smallest absolute Gasteiger partial charge is 0.330 e. The Hall–Kier alpha value is -2.21. The van der Waals surface area contributed by atoms with Gasteiger partial charge in [-0.25, -0.2) is 9.78 Å². The summed E-state index contributed by atoms with van der Waals surface area (Å²) in [6.07, 6.45) is 5.37. The number of nitrogens with one attached hydrogen (secondary N) is 1. The molecular weight excluding hydrogens is 332 g/mol. The van der Waals surface area contributed by atoms with Crippen LogP contribution in [0.3, 0.4) is 0 Å². The van der Waals surface area contributed by atoms with Crippen molar-refractivity contribution in [3.05, 3.63) is 56.3 Å². The molecule has 0 saturated heterocycles. The number of benzene rings is 1. The lowest BCUT2D eigenvalue weighted by Crippen LogP contribution is -2.27. The van der Waals surface area contributed by atoms with E-state index in [1.807, 2.05) is 0 Å². The van der Waals surface area contributed by atoms with E-state index in [0.717, 1.165) is 37.0 Å². The van der Waals surface area contributed by atoms with Crippen molar-refractivity contribution in [2.75, 3.05) is 0 Å². The van der Waals surface area contributed by atoms with Gasteiger partial charge in [-0.05, 0) is 31.7 Å². The minimum absolute atomic E-state index is 0.145. The van der Waals surface area contributed by atoms with Gasteiger partial charge in [0.1, 0.15) is 16.0 Å². The number of H-pyrrole nitrogens is 1. The van der Waals surface area contributed by atoms with E-state index in [9.17, 15) is 4.79 Å². The highest BCUT2D eigenvalue weighted by molar-refractivity contribution is 7.71. The number of fused-ring (bicyclic) bond motifs is 1. The van der Waals surface area contributed by atoms with Crippen molar-refractivity contribution >= 4 is 23.4 Å². The average Bonchev–Trinajstić information content (AvgIpc) is 3.04. The summed E-state index contributed by atoms with van der Waals surface area (Å²) >= 11 is 5.35. The lowest BCUT2D eigenvalue weighted by Gasteiger charge is -2.02. The molecule has 0 atom stereocenters. The molecule has 2 aromatic heterocycles. The summed E-state index contributed by atoms with van der Waals surface area (Å²) in [6.45, 7) is 2.11. The van der Waals surface area contributed by atoms with Gasteiger partial charge in [0.25, 0.3) is 0 Å². The zero-order valence-electron chi connectivity index (χ0n) is 15.0. The molecule has 3 aromatic rings. The highest BCUT2D eigenvalue weighted by Crippen LogP contribution is 2.13. The van der Waals surface area contributed by atoms with Crippen LogP contribution in [0.1, 0.15) is 36.2 Å². The molecule has 2 heterocycles. The van der Waals surface area contributed by atoms with Crippen molar-refractivity contribution in [3.8, 4) is 0 Å². The second kappa shape index (κ2) is 7.35. The van der Waals surface area contributed by atoms with Crippen LogP contribution in [0.5, 0.6) is 0 Å². The van der Waals surface area contributed by atoms with Crippen molar-refractivity contribution in [1.29, 1.82) is 0 Å². The Bertz CT molecular complexity index is 995. The average molecular weight is 356 g/mol. The van der Waals surface area contributed by atoms with Crippen LogP contribution >= 0.6 is 12.2 Å². The quantitative estimate of drug-likeness (QED) is 0.542. The Morgan fingerprint density at radius 2 is 1.72 bits per heavy atom. The number of rotatable bonds is 6. The number of aryl methyl sites for hydroxylation is 4. The van der Waals surface area contributed by atoms with Crippen LogP contribution in [-0.4, -0.2) is 19.1 Å². The second-order valence-electron chi connectivity index (χ2n) is 6.63. The molecule has 0 bridgehead atoms. The van der Waals surface area contributed by atoms with Crippen molar-refractivity contribution < 1.29 is 0 Å². The molecule has 132 valence electrons. The number of unbranched alkanes of at least 4 members (excludes halogenated alkanes) is 2. The van der Waals surface area contributed by atoms with Crippen LogP contribution in [0.4, 0.5) is 0 Å². The van der Waals surface area contributed by atoms with E-state index in [-0.39, 0.29) is 5.69 Å². The van der Waals surface area contributed by atoms with E-state index in [1.54, 1.807) is 18.7 Å². The Morgan fingerprint density at radius 1 is 1.04 bits per heavy atom. The van der Waals surface area contributed by atoms with Gasteiger partial charge >= 0.3 is 5.69 Å². The first-order chi connectivity index (χ1) is 12.0. The van der Waals surface area contributed by atoms with E-state index >= 15 is 0 Å². The molecule has 0 spiro atoms. The van der Waals surface area contributed by atoms with Crippen LogP contribution in [0.15, 0.2) is 29.1 Å². The van der Waals surface area contributed by atoms with Gasteiger partial charge in [-0.15, -0.1) is 0 Å². The fraction of sp³-hybridized carbons (Fsp3) is 0.421. The molecule has 1 aromatic carbocycles. The first kappa shape index (κ1) is 17.6. The van der Waals surface area contributed by atoms with Crippen LogP contribution in [0, 0.1) is 11.6 Å². The van der Waals surface area contributed by atoms with Crippen molar-refractivity contribution in [1.82, 2.24) is 19.1 Å². The minimum atomic E-state index is -0.145. The Morgan fingerprint density at radius 3 is 2.44 bits per heavy atom. The Balaban J connectivity index is 1.59. The molecule has 25 heavy (non-hydrogen) atoms. The third kappa shape index (κ3) is 3.74. The molecule has 0 radical (unpaired) electrons. The number of hydrogen-bond donors (Lipinski definition) is 1. The lowest BCUT2D eigenvalue weighted by molar-refractivity contribution is 0.666. The first-order valence-corrected chi connectivity index (χ1v) is 9.08. The van der Waals surface area contributed by atoms with E-state index < -0.39 is 0 Å².